The maximum Gasteiger partial charge on any atom is 0.141 e. The van der Waals surface area contributed by atoms with Gasteiger partial charge in [-0.1, -0.05) is 0 Å². The molecule has 0 aliphatic heterocycles. The van der Waals surface area contributed by atoms with E-state index in [9.17, 15) is 5.11 Å². The van der Waals surface area contributed by atoms with Crippen LogP contribution in [-0.2, 0) is 0 Å². The molecule has 0 spiro atoms. The zero-order chi connectivity index (χ0) is 9.26. The standard InChI is InChI=1S/C9H13N3O/c10-9-5-11-8(4-12-9)6-1-2-7(13)3-6/h4-7,13H,1-3H2,(H2,10,12)/t6-,7+/m1/s1. The molecule has 70 valence electrons. The summed E-state index contributed by atoms with van der Waals surface area (Å²) in [5.41, 5.74) is 6.38. The Labute approximate surface area is 76.8 Å². The average molecular weight is 179 g/mol. The van der Waals surface area contributed by atoms with Gasteiger partial charge in [-0.25, -0.2) is 4.98 Å². The molecule has 1 aliphatic rings. The van der Waals surface area contributed by atoms with Crippen molar-refractivity contribution in [2.24, 2.45) is 0 Å². The zero-order valence-corrected chi connectivity index (χ0v) is 7.35. The van der Waals surface area contributed by atoms with Crippen LogP contribution in [0.3, 0.4) is 0 Å². The second-order valence-corrected chi connectivity index (χ2v) is 3.53. The summed E-state index contributed by atoms with van der Waals surface area (Å²) in [7, 11) is 0. The molecule has 3 N–H and O–H groups in total. The van der Waals surface area contributed by atoms with Crippen molar-refractivity contribution in [3.63, 3.8) is 0 Å². The van der Waals surface area contributed by atoms with Crippen LogP contribution in [0.5, 0.6) is 0 Å². The Morgan fingerprint density at radius 3 is 2.69 bits per heavy atom. The number of hydrogen-bond donors (Lipinski definition) is 2. The highest BCUT2D eigenvalue weighted by atomic mass is 16.3. The largest absolute Gasteiger partial charge is 0.393 e. The van der Waals surface area contributed by atoms with Gasteiger partial charge >= 0.3 is 0 Å². The molecule has 0 bridgehead atoms. The summed E-state index contributed by atoms with van der Waals surface area (Å²) in [5, 5.41) is 9.34. The summed E-state index contributed by atoms with van der Waals surface area (Å²) in [6.45, 7) is 0. The summed E-state index contributed by atoms with van der Waals surface area (Å²) in [6.07, 6.45) is 5.79. The average Bonchev–Trinajstić information content (AvgIpc) is 2.53. The van der Waals surface area contributed by atoms with Crippen molar-refractivity contribution in [1.82, 2.24) is 9.97 Å². The van der Waals surface area contributed by atoms with Gasteiger partial charge in [-0.3, -0.25) is 4.98 Å². The van der Waals surface area contributed by atoms with Crippen LogP contribution in [0.1, 0.15) is 30.9 Å². The van der Waals surface area contributed by atoms with Gasteiger partial charge in [-0.15, -0.1) is 0 Å². The first-order valence-electron chi connectivity index (χ1n) is 4.51. The normalized spacial score (nSPS) is 27.8. The smallest absolute Gasteiger partial charge is 0.141 e. The molecule has 1 aliphatic carbocycles. The fourth-order valence-corrected chi connectivity index (χ4v) is 1.79. The zero-order valence-electron chi connectivity index (χ0n) is 7.35. The minimum absolute atomic E-state index is 0.163. The molecule has 0 radical (unpaired) electrons. The van der Waals surface area contributed by atoms with E-state index in [0.29, 0.717) is 11.7 Å². The summed E-state index contributed by atoms with van der Waals surface area (Å²) in [5.74, 6) is 0.811. The van der Waals surface area contributed by atoms with Crippen molar-refractivity contribution in [2.75, 3.05) is 5.73 Å². The molecule has 0 amide bonds. The molecule has 2 rings (SSSR count). The highest BCUT2D eigenvalue weighted by Gasteiger charge is 2.25. The Morgan fingerprint density at radius 2 is 2.15 bits per heavy atom. The Bertz CT molecular complexity index is 285. The van der Waals surface area contributed by atoms with Crippen LogP contribution in [0.2, 0.25) is 0 Å². The second kappa shape index (κ2) is 3.30. The van der Waals surface area contributed by atoms with Gasteiger partial charge in [0, 0.05) is 5.92 Å². The molecular weight excluding hydrogens is 166 g/mol. The number of aliphatic hydroxyl groups is 1. The summed E-state index contributed by atoms with van der Waals surface area (Å²) in [4.78, 5) is 8.18. The lowest BCUT2D eigenvalue weighted by Gasteiger charge is -2.07. The topological polar surface area (TPSA) is 72.0 Å². The lowest BCUT2D eigenvalue weighted by atomic mass is 10.0. The van der Waals surface area contributed by atoms with E-state index in [0.717, 1.165) is 25.0 Å². The molecule has 1 saturated carbocycles. The number of anilines is 1. The van der Waals surface area contributed by atoms with Gasteiger partial charge in [0.2, 0.25) is 0 Å². The number of hydrogen-bond acceptors (Lipinski definition) is 4. The number of nitrogens with two attached hydrogens (primary N) is 1. The van der Waals surface area contributed by atoms with E-state index in [2.05, 4.69) is 9.97 Å². The Balaban J connectivity index is 2.13. The number of nitrogens with zero attached hydrogens (tertiary/aromatic N) is 2. The molecule has 4 nitrogen and oxygen atoms in total. The van der Waals surface area contributed by atoms with Gasteiger partial charge in [-0.2, -0.15) is 0 Å². The van der Waals surface area contributed by atoms with Crippen LogP contribution in [-0.4, -0.2) is 21.2 Å². The van der Waals surface area contributed by atoms with E-state index < -0.39 is 0 Å². The Hall–Kier alpha value is -1.16. The summed E-state index contributed by atoms with van der Waals surface area (Å²) >= 11 is 0. The van der Waals surface area contributed by atoms with Crippen LogP contribution < -0.4 is 5.73 Å². The van der Waals surface area contributed by atoms with Gasteiger partial charge in [0.15, 0.2) is 0 Å². The second-order valence-electron chi connectivity index (χ2n) is 3.53. The molecular formula is C9H13N3O. The number of rotatable bonds is 1. The minimum Gasteiger partial charge on any atom is -0.393 e. The van der Waals surface area contributed by atoms with Crippen LogP contribution in [0.4, 0.5) is 5.82 Å². The molecule has 4 heteroatoms. The van der Waals surface area contributed by atoms with Crippen LogP contribution in [0.25, 0.3) is 0 Å². The highest BCUT2D eigenvalue weighted by molar-refractivity contribution is 5.24. The quantitative estimate of drug-likeness (QED) is 0.665. The molecule has 1 aromatic heterocycles. The van der Waals surface area contributed by atoms with Crippen molar-refractivity contribution in [3.05, 3.63) is 18.1 Å². The lowest BCUT2D eigenvalue weighted by molar-refractivity contribution is 0.181. The summed E-state index contributed by atoms with van der Waals surface area (Å²) < 4.78 is 0. The predicted molar refractivity (Wildman–Crippen MR) is 49.0 cm³/mol. The number of aromatic nitrogens is 2. The van der Waals surface area contributed by atoms with Crippen LogP contribution in [0.15, 0.2) is 12.4 Å². The highest BCUT2D eigenvalue weighted by Crippen LogP contribution is 2.32. The van der Waals surface area contributed by atoms with Crippen molar-refractivity contribution in [1.29, 1.82) is 0 Å². The van der Waals surface area contributed by atoms with E-state index in [1.54, 1.807) is 12.4 Å². The molecule has 0 unspecified atom stereocenters. The molecule has 1 fully saturated rings. The van der Waals surface area contributed by atoms with Crippen LogP contribution >= 0.6 is 0 Å². The maximum absolute atomic E-state index is 9.34. The third-order valence-electron chi connectivity index (χ3n) is 2.52. The Morgan fingerprint density at radius 1 is 1.31 bits per heavy atom. The fraction of sp³-hybridized carbons (Fsp3) is 0.556. The predicted octanol–water partition coefficient (Wildman–Crippen LogP) is 0.687. The van der Waals surface area contributed by atoms with E-state index in [1.807, 2.05) is 0 Å². The monoisotopic (exact) mass is 179 g/mol. The number of aliphatic hydroxyl groups excluding tert-OH is 1. The van der Waals surface area contributed by atoms with E-state index in [4.69, 9.17) is 5.73 Å². The number of nitrogen functional groups attached to an aromatic ring is 1. The lowest BCUT2D eigenvalue weighted by Crippen LogP contribution is -2.02. The van der Waals surface area contributed by atoms with E-state index in [-0.39, 0.29) is 6.10 Å². The van der Waals surface area contributed by atoms with E-state index >= 15 is 0 Å². The maximum atomic E-state index is 9.34. The molecule has 13 heavy (non-hydrogen) atoms. The van der Waals surface area contributed by atoms with Gasteiger partial charge in [0.05, 0.1) is 24.2 Å². The third kappa shape index (κ3) is 1.78. The molecule has 0 aromatic carbocycles. The first-order valence-corrected chi connectivity index (χ1v) is 4.51. The molecule has 1 aromatic rings. The molecule has 1 heterocycles. The minimum atomic E-state index is -0.163. The fourth-order valence-electron chi connectivity index (χ4n) is 1.79. The first-order chi connectivity index (χ1) is 6.25. The molecule has 0 saturated heterocycles. The van der Waals surface area contributed by atoms with Crippen LogP contribution in [0, 0.1) is 0 Å². The van der Waals surface area contributed by atoms with Crippen molar-refractivity contribution >= 4 is 5.82 Å². The third-order valence-corrected chi connectivity index (χ3v) is 2.52. The van der Waals surface area contributed by atoms with Crippen molar-refractivity contribution in [3.8, 4) is 0 Å². The van der Waals surface area contributed by atoms with Crippen molar-refractivity contribution in [2.45, 2.75) is 31.3 Å². The van der Waals surface area contributed by atoms with Gasteiger partial charge < -0.3 is 10.8 Å². The van der Waals surface area contributed by atoms with Gasteiger partial charge in [0.25, 0.3) is 0 Å². The van der Waals surface area contributed by atoms with Gasteiger partial charge in [0.1, 0.15) is 5.82 Å². The Kier molecular flexibility index (Phi) is 2.14. The molecule has 2 atom stereocenters. The van der Waals surface area contributed by atoms with Gasteiger partial charge in [-0.05, 0) is 19.3 Å². The summed E-state index contributed by atoms with van der Waals surface area (Å²) in [6, 6.07) is 0. The first kappa shape index (κ1) is 8.44. The van der Waals surface area contributed by atoms with Crippen molar-refractivity contribution < 1.29 is 5.11 Å². The van der Waals surface area contributed by atoms with E-state index in [1.165, 1.54) is 0 Å². The SMILES string of the molecule is Nc1cnc([C@@H]2CC[C@H](O)C2)cn1.